The van der Waals surface area contributed by atoms with Crippen molar-refractivity contribution >= 4 is 17.6 Å². The van der Waals surface area contributed by atoms with Crippen LogP contribution >= 0.6 is 0 Å². The van der Waals surface area contributed by atoms with Crippen molar-refractivity contribution in [2.24, 2.45) is 5.41 Å². The molecular formula is C17H22N2O6. The summed E-state index contributed by atoms with van der Waals surface area (Å²) in [4.78, 5) is 36.6. The minimum atomic E-state index is -1.14. The average molecular weight is 350 g/mol. The molecule has 1 N–H and O–H groups in total. The van der Waals surface area contributed by atoms with Gasteiger partial charge in [-0.1, -0.05) is 13.0 Å². The molecule has 1 aliphatic rings. The van der Waals surface area contributed by atoms with Gasteiger partial charge in [-0.3, -0.25) is 19.7 Å². The predicted octanol–water partition coefficient (Wildman–Crippen LogP) is 2.11. The van der Waals surface area contributed by atoms with Crippen LogP contribution in [0.3, 0.4) is 0 Å². The highest BCUT2D eigenvalue weighted by Gasteiger charge is 2.44. The van der Waals surface area contributed by atoms with E-state index in [-0.39, 0.29) is 24.4 Å². The Labute approximate surface area is 145 Å². The van der Waals surface area contributed by atoms with Gasteiger partial charge in [-0.05, 0) is 25.3 Å². The zero-order chi connectivity index (χ0) is 18.6. The number of benzene rings is 1. The molecule has 1 saturated heterocycles. The predicted molar refractivity (Wildman–Crippen MR) is 89.6 cm³/mol. The Morgan fingerprint density at radius 3 is 2.72 bits per heavy atom. The molecule has 1 atom stereocenters. The topological polar surface area (TPSA) is 110 Å². The van der Waals surface area contributed by atoms with Crippen molar-refractivity contribution in [3.8, 4) is 0 Å². The highest BCUT2D eigenvalue weighted by Crippen LogP contribution is 2.32. The molecule has 1 fully saturated rings. The monoisotopic (exact) mass is 350 g/mol. The fraction of sp³-hybridized carbons (Fsp3) is 0.529. The fourth-order valence-electron chi connectivity index (χ4n) is 3.28. The number of aliphatic carboxylic acids is 1. The van der Waals surface area contributed by atoms with Crippen molar-refractivity contribution in [3.05, 3.63) is 39.4 Å². The van der Waals surface area contributed by atoms with Gasteiger partial charge in [-0.2, -0.15) is 0 Å². The molecule has 1 unspecified atom stereocenters. The zero-order valence-electron chi connectivity index (χ0n) is 14.4. The summed E-state index contributed by atoms with van der Waals surface area (Å²) in [6.45, 7) is 2.26. The van der Waals surface area contributed by atoms with Crippen LogP contribution in [0.5, 0.6) is 0 Å². The smallest absolute Gasteiger partial charge is 0.313 e. The maximum absolute atomic E-state index is 12.8. The van der Waals surface area contributed by atoms with Crippen LogP contribution in [0, 0.1) is 15.5 Å². The number of nitro benzene ring substituents is 1. The molecule has 8 nitrogen and oxygen atoms in total. The second-order valence-electron chi connectivity index (χ2n) is 6.30. The third-order valence-electron chi connectivity index (χ3n) is 4.65. The number of carbonyl (C=O) groups excluding carboxylic acids is 1. The van der Waals surface area contributed by atoms with Gasteiger partial charge in [0.25, 0.3) is 11.6 Å². The van der Waals surface area contributed by atoms with Crippen LogP contribution in [0.25, 0.3) is 0 Å². The standard InChI is InChI=1S/C17H22N2O6/c1-3-12-5-6-13(9-14(12)19(23)24)15(20)18-8-4-7-17(10-18,11-25-2)16(21)22/h5-6,9H,3-4,7-8,10-11H2,1-2H3,(H,21,22). The van der Waals surface area contributed by atoms with E-state index in [9.17, 15) is 24.8 Å². The van der Waals surface area contributed by atoms with Gasteiger partial charge in [0.05, 0.1) is 11.5 Å². The van der Waals surface area contributed by atoms with Crippen molar-refractivity contribution in [2.45, 2.75) is 26.2 Å². The van der Waals surface area contributed by atoms with E-state index in [1.807, 2.05) is 0 Å². The maximum atomic E-state index is 12.8. The molecule has 1 amide bonds. The normalized spacial score (nSPS) is 20.3. The Balaban J connectivity index is 2.29. The maximum Gasteiger partial charge on any atom is 0.313 e. The summed E-state index contributed by atoms with van der Waals surface area (Å²) >= 11 is 0. The number of nitro groups is 1. The molecule has 2 rings (SSSR count). The first kappa shape index (κ1) is 18.9. The summed E-state index contributed by atoms with van der Waals surface area (Å²) in [5, 5.41) is 20.8. The van der Waals surface area contributed by atoms with Crippen LogP contribution in [0.15, 0.2) is 18.2 Å². The van der Waals surface area contributed by atoms with Crippen LogP contribution in [-0.2, 0) is 16.0 Å². The number of methoxy groups -OCH3 is 1. The van der Waals surface area contributed by atoms with Gasteiger partial charge in [-0.15, -0.1) is 0 Å². The molecule has 1 heterocycles. The Kier molecular flexibility index (Phi) is 5.73. The second kappa shape index (κ2) is 7.60. The third kappa shape index (κ3) is 3.79. The quantitative estimate of drug-likeness (QED) is 0.621. The lowest BCUT2D eigenvalue weighted by molar-refractivity contribution is -0.385. The molecule has 1 aromatic rings. The van der Waals surface area contributed by atoms with Gasteiger partial charge in [-0.25, -0.2) is 0 Å². The summed E-state index contributed by atoms with van der Waals surface area (Å²) < 4.78 is 5.05. The molecule has 0 aromatic heterocycles. The number of amides is 1. The number of likely N-dealkylation sites (tertiary alicyclic amines) is 1. The van der Waals surface area contributed by atoms with Gasteiger partial charge in [0, 0.05) is 37.4 Å². The van der Waals surface area contributed by atoms with Crippen LogP contribution < -0.4 is 0 Å². The van der Waals surface area contributed by atoms with Gasteiger partial charge < -0.3 is 14.7 Å². The second-order valence-corrected chi connectivity index (χ2v) is 6.30. The van der Waals surface area contributed by atoms with Crippen molar-refractivity contribution < 1.29 is 24.4 Å². The molecule has 1 aromatic carbocycles. The number of ether oxygens (including phenoxy) is 1. The molecule has 0 bridgehead atoms. The van der Waals surface area contributed by atoms with Crippen molar-refractivity contribution in [3.63, 3.8) is 0 Å². The first-order valence-corrected chi connectivity index (χ1v) is 8.13. The molecule has 8 heteroatoms. The Morgan fingerprint density at radius 1 is 1.44 bits per heavy atom. The average Bonchev–Trinajstić information content (AvgIpc) is 2.60. The molecule has 25 heavy (non-hydrogen) atoms. The highest BCUT2D eigenvalue weighted by atomic mass is 16.6. The largest absolute Gasteiger partial charge is 0.481 e. The summed E-state index contributed by atoms with van der Waals surface area (Å²) in [5.74, 6) is -1.40. The number of carboxylic acid groups (broad SMARTS) is 1. The number of carboxylic acids is 1. The van der Waals surface area contributed by atoms with Gasteiger partial charge in [0.1, 0.15) is 5.41 Å². The summed E-state index contributed by atoms with van der Waals surface area (Å²) in [7, 11) is 1.43. The van der Waals surface area contributed by atoms with Gasteiger partial charge in [0.2, 0.25) is 0 Å². The summed E-state index contributed by atoms with van der Waals surface area (Å²) in [5.41, 5.74) is -0.480. The zero-order valence-corrected chi connectivity index (χ0v) is 14.4. The van der Waals surface area contributed by atoms with E-state index in [1.54, 1.807) is 19.1 Å². The van der Waals surface area contributed by atoms with Crippen molar-refractivity contribution in [1.82, 2.24) is 4.90 Å². The van der Waals surface area contributed by atoms with Crippen LogP contribution in [0.1, 0.15) is 35.7 Å². The number of hydrogen-bond donors (Lipinski definition) is 1. The van der Waals surface area contributed by atoms with Crippen molar-refractivity contribution in [2.75, 3.05) is 26.8 Å². The highest BCUT2D eigenvalue weighted by molar-refractivity contribution is 5.95. The fourth-order valence-corrected chi connectivity index (χ4v) is 3.28. The molecular weight excluding hydrogens is 328 g/mol. The van der Waals surface area contributed by atoms with Gasteiger partial charge >= 0.3 is 5.97 Å². The lowest BCUT2D eigenvalue weighted by atomic mass is 9.80. The number of nitrogens with zero attached hydrogens (tertiary/aromatic N) is 2. The first-order chi connectivity index (χ1) is 11.8. The molecule has 0 radical (unpaired) electrons. The number of rotatable bonds is 6. The van der Waals surface area contributed by atoms with E-state index >= 15 is 0 Å². The van der Waals surface area contributed by atoms with E-state index in [4.69, 9.17) is 4.74 Å². The van der Waals surface area contributed by atoms with E-state index < -0.39 is 22.2 Å². The number of carbonyl (C=O) groups is 2. The number of aryl methyl sites for hydroxylation is 1. The Morgan fingerprint density at radius 2 is 2.16 bits per heavy atom. The lowest BCUT2D eigenvalue weighted by Gasteiger charge is -2.39. The molecule has 0 spiro atoms. The van der Waals surface area contributed by atoms with E-state index in [0.29, 0.717) is 31.4 Å². The Hall–Kier alpha value is -2.48. The number of hydrogen-bond acceptors (Lipinski definition) is 5. The van der Waals surface area contributed by atoms with Crippen LogP contribution in [0.2, 0.25) is 0 Å². The molecule has 0 aliphatic carbocycles. The van der Waals surface area contributed by atoms with Crippen LogP contribution in [0.4, 0.5) is 5.69 Å². The molecule has 0 saturated carbocycles. The Bertz CT molecular complexity index is 686. The van der Waals surface area contributed by atoms with Crippen molar-refractivity contribution in [1.29, 1.82) is 0 Å². The summed E-state index contributed by atoms with van der Waals surface area (Å²) in [6.07, 6.45) is 1.45. The van der Waals surface area contributed by atoms with Gasteiger partial charge in [0.15, 0.2) is 0 Å². The lowest BCUT2D eigenvalue weighted by Crippen LogP contribution is -2.52. The first-order valence-electron chi connectivity index (χ1n) is 8.13. The molecule has 136 valence electrons. The van der Waals surface area contributed by atoms with E-state index in [2.05, 4.69) is 0 Å². The third-order valence-corrected chi connectivity index (χ3v) is 4.65. The minimum Gasteiger partial charge on any atom is -0.481 e. The SMILES string of the molecule is CCc1ccc(C(=O)N2CCCC(COC)(C(=O)O)C2)cc1[N+](=O)[O-]. The molecule has 1 aliphatic heterocycles. The van der Waals surface area contributed by atoms with Crippen LogP contribution in [-0.4, -0.2) is 53.6 Å². The number of piperidine rings is 1. The summed E-state index contributed by atoms with van der Waals surface area (Å²) in [6, 6.07) is 4.41. The van der Waals surface area contributed by atoms with E-state index in [1.165, 1.54) is 18.1 Å². The minimum absolute atomic E-state index is 0.0149. The van der Waals surface area contributed by atoms with E-state index in [0.717, 1.165) is 0 Å².